The van der Waals surface area contributed by atoms with Gasteiger partial charge in [-0.1, -0.05) is 13.3 Å². The van der Waals surface area contributed by atoms with Crippen molar-refractivity contribution in [2.24, 2.45) is 0 Å². The third-order valence-corrected chi connectivity index (χ3v) is 1.42. The van der Waals surface area contributed by atoms with Crippen LogP contribution in [0.4, 0.5) is 0 Å². The zero-order valence-electron chi connectivity index (χ0n) is 6.87. The largest absolute Gasteiger partial charge is 0.480 e. The minimum Gasteiger partial charge on any atom is -0.480 e. The topological polar surface area (TPSA) is 35.0 Å². The molecular formula is C8H12N2O. The number of aromatic nitrogens is 2. The van der Waals surface area contributed by atoms with E-state index >= 15 is 0 Å². The lowest BCUT2D eigenvalue weighted by atomic mass is 10.2. The van der Waals surface area contributed by atoms with Gasteiger partial charge in [0.15, 0.2) is 0 Å². The van der Waals surface area contributed by atoms with E-state index in [1.807, 2.05) is 0 Å². The predicted octanol–water partition coefficient (Wildman–Crippen LogP) is 1.44. The zero-order valence-corrected chi connectivity index (χ0v) is 6.87. The molecule has 0 bridgehead atoms. The Kier molecular flexibility index (Phi) is 2.83. The first kappa shape index (κ1) is 7.98. The first-order valence-corrected chi connectivity index (χ1v) is 3.72. The molecule has 0 saturated heterocycles. The fourth-order valence-corrected chi connectivity index (χ4v) is 0.933. The monoisotopic (exact) mass is 152 g/mol. The maximum atomic E-state index is 5.02. The van der Waals surface area contributed by atoms with Gasteiger partial charge in [0.1, 0.15) is 5.69 Å². The van der Waals surface area contributed by atoms with Crippen LogP contribution in [-0.4, -0.2) is 17.1 Å². The summed E-state index contributed by atoms with van der Waals surface area (Å²) in [5.74, 6) is 0.648. The molecule has 3 nitrogen and oxygen atoms in total. The molecule has 60 valence electrons. The second-order valence-electron chi connectivity index (χ2n) is 2.26. The van der Waals surface area contributed by atoms with Gasteiger partial charge in [-0.2, -0.15) is 0 Å². The van der Waals surface area contributed by atoms with E-state index < -0.39 is 0 Å². The molecule has 0 amide bonds. The lowest BCUT2D eigenvalue weighted by Gasteiger charge is -2.02. The van der Waals surface area contributed by atoms with E-state index in [0.717, 1.165) is 18.5 Å². The van der Waals surface area contributed by atoms with Crippen LogP contribution in [0, 0.1) is 0 Å². The molecule has 0 aliphatic rings. The Labute approximate surface area is 66.4 Å². The SMILES string of the molecule is CCCc1nccnc1OC. The van der Waals surface area contributed by atoms with Gasteiger partial charge in [-0.15, -0.1) is 0 Å². The summed E-state index contributed by atoms with van der Waals surface area (Å²) in [6.07, 6.45) is 5.32. The first-order valence-electron chi connectivity index (χ1n) is 3.72. The molecule has 1 aromatic rings. The average molecular weight is 152 g/mol. The van der Waals surface area contributed by atoms with Crippen LogP contribution in [0.1, 0.15) is 19.0 Å². The number of hydrogen-bond acceptors (Lipinski definition) is 3. The minimum absolute atomic E-state index is 0.648. The van der Waals surface area contributed by atoms with Crippen molar-refractivity contribution in [1.29, 1.82) is 0 Å². The van der Waals surface area contributed by atoms with E-state index in [2.05, 4.69) is 16.9 Å². The molecular weight excluding hydrogens is 140 g/mol. The lowest BCUT2D eigenvalue weighted by molar-refractivity contribution is 0.389. The Morgan fingerprint density at radius 3 is 2.73 bits per heavy atom. The standard InChI is InChI=1S/C8H12N2O/c1-3-4-7-8(11-2)10-6-5-9-7/h5-6H,3-4H2,1-2H3. The second-order valence-corrected chi connectivity index (χ2v) is 2.26. The van der Waals surface area contributed by atoms with Crippen LogP contribution in [0.25, 0.3) is 0 Å². The fourth-order valence-electron chi connectivity index (χ4n) is 0.933. The molecule has 0 spiro atoms. The summed E-state index contributed by atoms with van der Waals surface area (Å²) < 4.78 is 5.02. The zero-order chi connectivity index (χ0) is 8.10. The predicted molar refractivity (Wildman–Crippen MR) is 42.6 cm³/mol. The molecule has 0 atom stereocenters. The van der Waals surface area contributed by atoms with E-state index in [1.165, 1.54) is 0 Å². The highest BCUT2D eigenvalue weighted by atomic mass is 16.5. The van der Waals surface area contributed by atoms with Crippen molar-refractivity contribution in [1.82, 2.24) is 9.97 Å². The number of nitrogens with zero attached hydrogens (tertiary/aromatic N) is 2. The van der Waals surface area contributed by atoms with Gasteiger partial charge >= 0.3 is 0 Å². The minimum atomic E-state index is 0.648. The first-order chi connectivity index (χ1) is 5.38. The van der Waals surface area contributed by atoms with Crippen LogP contribution in [-0.2, 0) is 6.42 Å². The highest BCUT2D eigenvalue weighted by molar-refractivity contribution is 5.16. The lowest BCUT2D eigenvalue weighted by Crippen LogP contribution is -1.96. The van der Waals surface area contributed by atoms with Crippen molar-refractivity contribution in [2.75, 3.05) is 7.11 Å². The summed E-state index contributed by atoms with van der Waals surface area (Å²) in [4.78, 5) is 8.18. The van der Waals surface area contributed by atoms with Gasteiger partial charge in [0.2, 0.25) is 5.88 Å². The van der Waals surface area contributed by atoms with Crippen molar-refractivity contribution in [3.05, 3.63) is 18.1 Å². The summed E-state index contributed by atoms with van der Waals surface area (Å²) in [6.45, 7) is 2.11. The molecule has 0 unspecified atom stereocenters. The van der Waals surface area contributed by atoms with E-state index in [-0.39, 0.29) is 0 Å². The Morgan fingerprint density at radius 1 is 1.36 bits per heavy atom. The Hall–Kier alpha value is -1.12. The molecule has 0 radical (unpaired) electrons. The Morgan fingerprint density at radius 2 is 2.09 bits per heavy atom. The summed E-state index contributed by atoms with van der Waals surface area (Å²) in [5, 5.41) is 0. The van der Waals surface area contributed by atoms with Crippen LogP contribution in [0.5, 0.6) is 5.88 Å². The van der Waals surface area contributed by atoms with Crippen LogP contribution in [0.2, 0.25) is 0 Å². The molecule has 0 N–H and O–H groups in total. The van der Waals surface area contributed by atoms with Gasteiger partial charge in [0.25, 0.3) is 0 Å². The van der Waals surface area contributed by atoms with Gasteiger partial charge < -0.3 is 4.74 Å². The Balaban J connectivity index is 2.83. The summed E-state index contributed by atoms with van der Waals surface area (Å²) >= 11 is 0. The number of hydrogen-bond donors (Lipinski definition) is 0. The third-order valence-electron chi connectivity index (χ3n) is 1.42. The van der Waals surface area contributed by atoms with E-state index in [0.29, 0.717) is 5.88 Å². The molecule has 3 heteroatoms. The summed E-state index contributed by atoms with van der Waals surface area (Å²) in [7, 11) is 1.61. The van der Waals surface area contributed by atoms with Gasteiger partial charge in [-0.25, -0.2) is 4.98 Å². The maximum Gasteiger partial charge on any atom is 0.235 e. The van der Waals surface area contributed by atoms with Gasteiger partial charge in [-0.05, 0) is 6.42 Å². The third kappa shape index (κ3) is 1.90. The van der Waals surface area contributed by atoms with E-state index in [1.54, 1.807) is 19.5 Å². The highest BCUT2D eigenvalue weighted by Gasteiger charge is 2.01. The molecule has 1 heterocycles. The smallest absolute Gasteiger partial charge is 0.235 e. The van der Waals surface area contributed by atoms with Crippen LogP contribution in [0.3, 0.4) is 0 Å². The van der Waals surface area contributed by atoms with Crippen LogP contribution in [0.15, 0.2) is 12.4 Å². The number of methoxy groups -OCH3 is 1. The second kappa shape index (κ2) is 3.91. The molecule has 0 aromatic carbocycles. The molecule has 1 rings (SSSR count). The number of aryl methyl sites for hydroxylation is 1. The van der Waals surface area contributed by atoms with Crippen molar-refractivity contribution in [3.8, 4) is 5.88 Å². The molecule has 0 aliphatic carbocycles. The van der Waals surface area contributed by atoms with Crippen molar-refractivity contribution in [2.45, 2.75) is 19.8 Å². The molecule has 0 fully saturated rings. The number of ether oxygens (including phenoxy) is 1. The molecule has 11 heavy (non-hydrogen) atoms. The molecule has 0 saturated carbocycles. The molecule has 0 aliphatic heterocycles. The van der Waals surface area contributed by atoms with Crippen molar-refractivity contribution >= 4 is 0 Å². The summed E-state index contributed by atoms with van der Waals surface area (Å²) in [6, 6.07) is 0. The summed E-state index contributed by atoms with van der Waals surface area (Å²) in [5.41, 5.74) is 0.942. The number of rotatable bonds is 3. The van der Waals surface area contributed by atoms with E-state index in [4.69, 9.17) is 4.74 Å². The average Bonchev–Trinajstić information content (AvgIpc) is 2.06. The van der Waals surface area contributed by atoms with E-state index in [9.17, 15) is 0 Å². The van der Waals surface area contributed by atoms with Gasteiger partial charge in [0, 0.05) is 12.4 Å². The highest BCUT2D eigenvalue weighted by Crippen LogP contribution is 2.11. The van der Waals surface area contributed by atoms with Crippen molar-refractivity contribution < 1.29 is 4.74 Å². The normalized spacial score (nSPS) is 9.64. The van der Waals surface area contributed by atoms with Gasteiger partial charge in [-0.3, -0.25) is 4.98 Å². The fraction of sp³-hybridized carbons (Fsp3) is 0.500. The molecule has 1 aromatic heterocycles. The Bertz CT molecular complexity index is 225. The quantitative estimate of drug-likeness (QED) is 0.657. The van der Waals surface area contributed by atoms with Crippen LogP contribution < -0.4 is 4.74 Å². The van der Waals surface area contributed by atoms with Crippen LogP contribution >= 0.6 is 0 Å². The van der Waals surface area contributed by atoms with Gasteiger partial charge in [0.05, 0.1) is 7.11 Å². The maximum absolute atomic E-state index is 5.02. The van der Waals surface area contributed by atoms with Crippen molar-refractivity contribution in [3.63, 3.8) is 0 Å².